The van der Waals surface area contributed by atoms with Gasteiger partial charge >= 0.3 is 12.2 Å². The second kappa shape index (κ2) is 17.7. The summed E-state index contributed by atoms with van der Waals surface area (Å²) in [4.78, 5) is 73.1. The first-order chi connectivity index (χ1) is 31.0. The number of carbonyl (C=O) groups excluding carboxylic acids is 4. The molecule has 3 aliphatic heterocycles. The number of likely N-dealkylation sites (tertiary alicyclic amines) is 2. The summed E-state index contributed by atoms with van der Waals surface area (Å²) in [5, 5.41) is 7.40. The Hall–Kier alpha value is -6.94. The molecule has 0 aliphatic carbocycles. The van der Waals surface area contributed by atoms with Gasteiger partial charge in [-0.2, -0.15) is 0 Å². The molecule has 6 aromatic rings. The summed E-state index contributed by atoms with van der Waals surface area (Å²) in [6.45, 7) is 5.64. The quantitative estimate of drug-likeness (QED) is 0.102. The average Bonchev–Trinajstić information content (AvgIpc) is 4.15. The van der Waals surface area contributed by atoms with Crippen molar-refractivity contribution in [1.29, 1.82) is 0 Å². The number of amides is 4. The molecule has 0 unspecified atom stereocenters. The van der Waals surface area contributed by atoms with E-state index in [1.165, 1.54) is 14.2 Å². The van der Waals surface area contributed by atoms with Gasteiger partial charge in [-0.3, -0.25) is 9.59 Å². The van der Waals surface area contributed by atoms with Gasteiger partial charge in [0.15, 0.2) is 0 Å². The molecular weight excluding hydrogens is 817 g/mol. The summed E-state index contributed by atoms with van der Waals surface area (Å²) in [6, 6.07) is 21.4. The van der Waals surface area contributed by atoms with E-state index < -0.39 is 24.3 Å². The number of imidazole rings is 2. The first-order valence-electron chi connectivity index (χ1n) is 21.7. The SMILES string of the molecule is COC[C@H]1C[C@@H](c2ncc(-c3ccc4c(c3)COc3cc5c(ccc6[nH]c([C@@H]7CCCN7C(=O)[C@@H](NC(=O)OC)C(C)C)nc65)cc3-4)[nH]2)N(C(=O)[C@H](NC(=O)OC)c2ccccc2)C1. The van der Waals surface area contributed by atoms with Gasteiger partial charge in [0.2, 0.25) is 5.91 Å². The summed E-state index contributed by atoms with van der Waals surface area (Å²) in [6.07, 6.45) is 2.67. The molecule has 2 saturated heterocycles. The molecule has 0 bridgehead atoms. The molecule has 0 spiro atoms. The number of carbonyl (C=O) groups is 4. The van der Waals surface area contributed by atoms with Crippen molar-refractivity contribution in [2.45, 2.75) is 63.9 Å². The highest BCUT2D eigenvalue weighted by molar-refractivity contribution is 6.07. The lowest BCUT2D eigenvalue weighted by Crippen LogP contribution is -2.51. The predicted octanol–water partition coefficient (Wildman–Crippen LogP) is 7.34. The Morgan fingerprint density at radius 1 is 0.859 bits per heavy atom. The maximum atomic E-state index is 14.3. The maximum absolute atomic E-state index is 14.3. The van der Waals surface area contributed by atoms with Crippen LogP contribution in [0.2, 0.25) is 0 Å². The molecule has 2 aromatic heterocycles. The molecule has 16 nitrogen and oxygen atoms in total. The lowest BCUT2D eigenvalue weighted by atomic mass is 9.92. The van der Waals surface area contributed by atoms with Gasteiger partial charge in [-0.1, -0.05) is 62.4 Å². The summed E-state index contributed by atoms with van der Waals surface area (Å²) in [5.74, 6) is 1.63. The third kappa shape index (κ3) is 7.97. The Labute approximate surface area is 370 Å². The van der Waals surface area contributed by atoms with Crippen LogP contribution in [0.5, 0.6) is 5.75 Å². The maximum Gasteiger partial charge on any atom is 0.407 e. The third-order valence-corrected chi connectivity index (χ3v) is 12.7. The van der Waals surface area contributed by atoms with Crippen molar-refractivity contribution in [3.63, 3.8) is 0 Å². The molecule has 4 N–H and O–H groups in total. The van der Waals surface area contributed by atoms with Crippen LogP contribution in [0.4, 0.5) is 9.59 Å². The highest BCUT2D eigenvalue weighted by atomic mass is 16.5. The molecule has 16 heteroatoms. The Morgan fingerprint density at radius 2 is 1.66 bits per heavy atom. The summed E-state index contributed by atoms with van der Waals surface area (Å²) >= 11 is 0. The molecule has 9 rings (SSSR count). The fraction of sp³-hybridized carbons (Fsp3) is 0.375. The molecular formula is C48H52N8O8. The molecule has 5 atom stereocenters. The van der Waals surface area contributed by atoms with Gasteiger partial charge in [-0.05, 0) is 77.1 Å². The Bertz CT molecular complexity index is 2730. The first-order valence-corrected chi connectivity index (χ1v) is 21.7. The molecule has 5 heterocycles. The molecule has 4 aromatic carbocycles. The van der Waals surface area contributed by atoms with Crippen molar-refractivity contribution in [3.8, 4) is 28.1 Å². The van der Waals surface area contributed by atoms with Crippen molar-refractivity contribution in [3.05, 3.63) is 102 Å². The highest BCUT2D eigenvalue weighted by Gasteiger charge is 2.42. The highest BCUT2D eigenvalue weighted by Crippen LogP contribution is 2.44. The van der Waals surface area contributed by atoms with Crippen LogP contribution in [0.3, 0.4) is 0 Å². The van der Waals surface area contributed by atoms with Gasteiger partial charge in [-0.15, -0.1) is 0 Å². The zero-order valence-corrected chi connectivity index (χ0v) is 36.5. The number of rotatable bonds is 11. The number of H-pyrrole nitrogens is 2. The van der Waals surface area contributed by atoms with Gasteiger partial charge in [0.1, 0.15) is 36.1 Å². The Balaban J connectivity index is 0.968. The fourth-order valence-corrected chi connectivity index (χ4v) is 9.53. The molecule has 332 valence electrons. The lowest BCUT2D eigenvalue weighted by Gasteiger charge is -2.29. The number of aromatic amines is 2. The number of hydrogen-bond donors (Lipinski definition) is 4. The average molecular weight is 869 g/mol. The molecule has 3 aliphatic rings. The van der Waals surface area contributed by atoms with Gasteiger partial charge < -0.3 is 49.3 Å². The standard InChI is InChI=1S/C48H52N8O8/c1-26(2)40(53-47(59)62-4)45(57)55-17-9-12-37(55)44-50-35-16-14-29-20-34-32-15-13-30(19-31(32)25-64-39(34)21-33(29)42(35)52-44)36-22-49-43(51-36)38-18-27(24-61-3)23-56(38)46(58)41(54-48(60)63-5)28-10-7-6-8-11-28/h6-8,10-11,13-16,19-22,26-27,37-38,40-41H,9,12,17-18,23-25H2,1-5H3,(H,49,51)(H,50,52)(H,53,59)(H,54,60)/t27-,37-,38-,40-,41+/m0/s1. The number of alkyl carbamates (subject to hydrolysis) is 2. The minimum absolute atomic E-state index is 0.0689. The van der Waals surface area contributed by atoms with Crippen molar-refractivity contribution in [1.82, 2.24) is 40.4 Å². The molecule has 4 amide bonds. The number of fused-ring (bicyclic) bond motifs is 6. The van der Waals surface area contributed by atoms with E-state index in [2.05, 4.69) is 57.0 Å². The molecule has 0 radical (unpaired) electrons. The van der Waals surface area contributed by atoms with E-state index in [1.54, 1.807) is 18.2 Å². The number of nitrogens with one attached hydrogen (secondary N) is 4. The van der Waals surface area contributed by atoms with E-state index in [1.807, 2.05) is 55.1 Å². The summed E-state index contributed by atoms with van der Waals surface area (Å²) in [5.41, 5.74) is 7.10. The number of benzene rings is 4. The minimum Gasteiger partial charge on any atom is -0.488 e. The number of aromatic nitrogens is 4. The lowest BCUT2D eigenvalue weighted by molar-refractivity contribution is -0.136. The second-order valence-electron chi connectivity index (χ2n) is 17.1. The largest absolute Gasteiger partial charge is 0.488 e. The van der Waals surface area contributed by atoms with Crippen LogP contribution in [0.25, 0.3) is 44.2 Å². The van der Waals surface area contributed by atoms with Crippen molar-refractivity contribution in [2.24, 2.45) is 11.8 Å². The topological polar surface area (TPSA) is 193 Å². The van der Waals surface area contributed by atoms with E-state index in [0.29, 0.717) is 49.9 Å². The van der Waals surface area contributed by atoms with Gasteiger partial charge in [-0.25, -0.2) is 19.6 Å². The summed E-state index contributed by atoms with van der Waals surface area (Å²) < 4.78 is 21.6. The zero-order valence-electron chi connectivity index (χ0n) is 36.5. The van der Waals surface area contributed by atoms with Crippen LogP contribution < -0.4 is 15.4 Å². The first kappa shape index (κ1) is 42.4. The molecule has 2 fully saturated rings. The van der Waals surface area contributed by atoms with Crippen molar-refractivity contribution in [2.75, 3.05) is 41.0 Å². The number of ether oxygens (including phenoxy) is 4. The zero-order chi connectivity index (χ0) is 44.6. The summed E-state index contributed by atoms with van der Waals surface area (Å²) in [7, 11) is 4.22. The monoisotopic (exact) mass is 868 g/mol. The van der Waals surface area contributed by atoms with Gasteiger partial charge in [0.05, 0.1) is 55.8 Å². The number of nitrogens with zero attached hydrogens (tertiary/aromatic N) is 4. The van der Waals surface area contributed by atoms with E-state index in [4.69, 9.17) is 28.9 Å². The van der Waals surface area contributed by atoms with E-state index >= 15 is 0 Å². The van der Waals surface area contributed by atoms with Crippen LogP contribution >= 0.6 is 0 Å². The number of hydrogen-bond acceptors (Lipinski definition) is 10. The second-order valence-corrected chi connectivity index (χ2v) is 17.1. The fourth-order valence-electron chi connectivity index (χ4n) is 9.53. The Morgan fingerprint density at radius 3 is 2.42 bits per heavy atom. The van der Waals surface area contributed by atoms with Crippen LogP contribution in [0, 0.1) is 11.8 Å². The van der Waals surface area contributed by atoms with E-state index in [-0.39, 0.29) is 35.7 Å². The smallest absolute Gasteiger partial charge is 0.407 e. The van der Waals surface area contributed by atoms with Crippen molar-refractivity contribution < 1.29 is 38.1 Å². The molecule has 64 heavy (non-hydrogen) atoms. The van der Waals surface area contributed by atoms with Crippen LogP contribution in [-0.2, 0) is 30.4 Å². The minimum atomic E-state index is -0.947. The normalized spacial score (nSPS) is 18.9. The third-order valence-electron chi connectivity index (χ3n) is 12.7. The van der Waals surface area contributed by atoms with Gasteiger partial charge in [0.25, 0.3) is 5.91 Å². The van der Waals surface area contributed by atoms with Gasteiger partial charge in [0, 0.05) is 37.1 Å². The number of methoxy groups -OCH3 is 3. The Kier molecular flexibility index (Phi) is 11.7. The van der Waals surface area contributed by atoms with Crippen molar-refractivity contribution >= 4 is 45.8 Å². The van der Waals surface area contributed by atoms with E-state index in [9.17, 15) is 19.2 Å². The van der Waals surface area contributed by atoms with E-state index in [0.717, 1.165) is 68.3 Å². The van der Waals surface area contributed by atoms with Crippen LogP contribution in [0.15, 0.2) is 79.0 Å². The van der Waals surface area contributed by atoms with Crippen LogP contribution in [0.1, 0.15) is 74.0 Å². The van der Waals surface area contributed by atoms with Crippen LogP contribution in [-0.4, -0.2) is 101 Å². The predicted molar refractivity (Wildman–Crippen MR) is 238 cm³/mol. The molecule has 0 saturated carbocycles.